The van der Waals surface area contributed by atoms with Crippen LogP contribution in [0.4, 0.5) is 0 Å². The van der Waals surface area contributed by atoms with E-state index in [1.54, 1.807) is 11.8 Å². The Kier molecular flexibility index (Phi) is 4.16. The maximum absolute atomic E-state index is 11.9. The summed E-state index contributed by atoms with van der Waals surface area (Å²) in [6, 6.07) is 8.41. The van der Waals surface area contributed by atoms with Crippen molar-refractivity contribution in [2.24, 2.45) is 0 Å². The van der Waals surface area contributed by atoms with Crippen molar-refractivity contribution in [2.75, 3.05) is 0 Å². The Labute approximate surface area is 135 Å². The minimum absolute atomic E-state index is 0.00186. The lowest BCUT2D eigenvalue weighted by Crippen LogP contribution is -2.17. The Morgan fingerprint density at radius 1 is 1.35 bits per heavy atom. The number of rotatable bonds is 4. The summed E-state index contributed by atoms with van der Waals surface area (Å²) in [6.07, 6.45) is 2.33. The van der Waals surface area contributed by atoms with E-state index >= 15 is 0 Å². The van der Waals surface area contributed by atoms with E-state index in [-0.39, 0.29) is 5.56 Å². The number of aromatic amines is 1. The van der Waals surface area contributed by atoms with Crippen LogP contribution in [-0.2, 0) is 5.75 Å². The number of aryl methyl sites for hydroxylation is 1. The van der Waals surface area contributed by atoms with Crippen LogP contribution in [0, 0.1) is 10.5 Å². The maximum atomic E-state index is 11.9. The van der Waals surface area contributed by atoms with Crippen LogP contribution in [0.5, 0.6) is 0 Å². The molecule has 1 aliphatic rings. The summed E-state index contributed by atoms with van der Waals surface area (Å²) in [5.74, 6) is 1.99. The third kappa shape index (κ3) is 3.25. The molecule has 1 aromatic carbocycles. The Bertz CT molecular complexity index is 677. The van der Waals surface area contributed by atoms with Gasteiger partial charge in [0.05, 0.1) is 15.0 Å². The van der Waals surface area contributed by atoms with Gasteiger partial charge in [-0.25, -0.2) is 4.98 Å². The molecule has 1 fully saturated rings. The summed E-state index contributed by atoms with van der Waals surface area (Å²) < 4.78 is 0.759. The molecule has 0 bridgehead atoms. The topological polar surface area (TPSA) is 45.8 Å². The van der Waals surface area contributed by atoms with Gasteiger partial charge in [0.25, 0.3) is 5.56 Å². The van der Waals surface area contributed by atoms with E-state index in [1.165, 1.54) is 10.5 Å². The lowest BCUT2D eigenvalue weighted by molar-refractivity contribution is 0.897. The first-order valence-electron chi connectivity index (χ1n) is 6.61. The normalized spacial score (nSPS) is 14.5. The summed E-state index contributed by atoms with van der Waals surface area (Å²) in [6.45, 7) is 2.08. The molecule has 3 nitrogen and oxygen atoms in total. The van der Waals surface area contributed by atoms with Crippen LogP contribution in [0.15, 0.2) is 34.0 Å². The second-order valence-corrected chi connectivity index (χ2v) is 7.22. The van der Waals surface area contributed by atoms with Crippen LogP contribution in [0.2, 0.25) is 0 Å². The predicted octanol–water partition coefficient (Wildman–Crippen LogP) is 3.85. The molecule has 1 saturated carbocycles. The summed E-state index contributed by atoms with van der Waals surface area (Å²) in [7, 11) is 0. The maximum Gasteiger partial charge on any atom is 0.264 e. The summed E-state index contributed by atoms with van der Waals surface area (Å²) >= 11 is 3.81. The van der Waals surface area contributed by atoms with Gasteiger partial charge >= 0.3 is 0 Å². The number of benzene rings is 1. The molecule has 0 saturated heterocycles. The van der Waals surface area contributed by atoms with Crippen molar-refractivity contribution in [3.05, 3.63) is 55.3 Å². The number of H-pyrrole nitrogens is 1. The third-order valence-electron chi connectivity index (χ3n) is 3.30. The van der Waals surface area contributed by atoms with E-state index in [4.69, 9.17) is 0 Å². The van der Waals surface area contributed by atoms with Gasteiger partial charge in [-0.2, -0.15) is 0 Å². The zero-order valence-corrected chi connectivity index (χ0v) is 14.1. The largest absolute Gasteiger partial charge is 0.309 e. The molecule has 5 heteroatoms. The number of nitrogens with zero attached hydrogens (tertiary/aromatic N) is 1. The highest BCUT2D eigenvalue weighted by molar-refractivity contribution is 14.1. The molecule has 1 aromatic heterocycles. The molecule has 2 aromatic rings. The van der Waals surface area contributed by atoms with Crippen LogP contribution < -0.4 is 5.56 Å². The highest BCUT2D eigenvalue weighted by Gasteiger charge is 2.28. The smallest absolute Gasteiger partial charge is 0.264 e. The molecule has 20 heavy (non-hydrogen) atoms. The molecule has 0 aliphatic heterocycles. The van der Waals surface area contributed by atoms with Crippen molar-refractivity contribution >= 4 is 34.4 Å². The van der Waals surface area contributed by atoms with E-state index in [0.29, 0.717) is 11.7 Å². The van der Waals surface area contributed by atoms with E-state index in [9.17, 15) is 4.79 Å². The summed E-state index contributed by atoms with van der Waals surface area (Å²) in [5.41, 5.74) is 2.25. The molecule has 1 aliphatic carbocycles. The van der Waals surface area contributed by atoms with Crippen molar-refractivity contribution in [2.45, 2.75) is 36.3 Å². The van der Waals surface area contributed by atoms with Gasteiger partial charge in [0, 0.05) is 10.8 Å². The fourth-order valence-electron chi connectivity index (χ4n) is 2.01. The Hall–Kier alpha value is -0.820. The Balaban J connectivity index is 1.77. The monoisotopic (exact) mass is 398 g/mol. The highest BCUT2D eigenvalue weighted by atomic mass is 127. The minimum atomic E-state index is 0.00186. The van der Waals surface area contributed by atoms with Crippen molar-refractivity contribution in [1.29, 1.82) is 0 Å². The molecule has 0 unspecified atom stereocenters. The van der Waals surface area contributed by atoms with Gasteiger partial charge in [-0.05, 0) is 54.5 Å². The minimum Gasteiger partial charge on any atom is -0.309 e. The van der Waals surface area contributed by atoms with Crippen LogP contribution in [0.25, 0.3) is 0 Å². The zero-order chi connectivity index (χ0) is 14.1. The van der Waals surface area contributed by atoms with Gasteiger partial charge in [-0.1, -0.05) is 17.7 Å². The molecule has 0 atom stereocenters. The van der Waals surface area contributed by atoms with Gasteiger partial charge in [0.2, 0.25) is 0 Å². The zero-order valence-electron chi connectivity index (χ0n) is 11.1. The number of halogens is 1. The standard InChI is InChI=1S/C15H15IN2OS/c1-9-2-6-11(7-3-9)20-8-12-17-14(10-4-5-10)13(16)15(19)18-12/h2-3,6-7,10H,4-5,8H2,1H3,(H,17,18,19). The van der Waals surface area contributed by atoms with Gasteiger partial charge < -0.3 is 4.98 Å². The molecular formula is C15H15IN2OS. The summed E-state index contributed by atoms with van der Waals surface area (Å²) in [4.78, 5) is 20.7. The number of thioether (sulfide) groups is 1. The average Bonchev–Trinajstić information content (AvgIpc) is 3.26. The van der Waals surface area contributed by atoms with Crippen molar-refractivity contribution < 1.29 is 0 Å². The first kappa shape index (κ1) is 14.1. The van der Waals surface area contributed by atoms with Gasteiger partial charge in [0.1, 0.15) is 5.82 Å². The molecule has 0 spiro atoms. The number of hydrogen-bond donors (Lipinski definition) is 1. The molecule has 0 radical (unpaired) electrons. The molecule has 1 heterocycles. The fraction of sp³-hybridized carbons (Fsp3) is 0.333. The van der Waals surface area contributed by atoms with Crippen LogP contribution >= 0.6 is 34.4 Å². The molecule has 3 rings (SSSR count). The lowest BCUT2D eigenvalue weighted by atomic mass is 10.2. The Morgan fingerprint density at radius 3 is 2.70 bits per heavy atom. The quantitative estimate of drug-likeness (QED) is 0.629. The van der Waals surface area contributed by atoms with Crippen molar-refractivity contribution in [3.8, 4) is 0 Å². The number of hydrogen-bond acceptors (Lipinski definition) is 3. The van der Waals surface area contributed by atoms with Crippen LogP contribution in [-0.4, -0.2) is 9.97 Å². The van der Waals surface area contributed by atoms with E-state index in [2.05, 4.69) is 63.7 Å². The second-order valence-electron chi connectivity index (χ2n) is 5.09. The van der Waals surface area contributed by atoms with Crippen LogP contribution in [0.3, 0.4) is 0 Å². The SMILES string of the molecule is Cc1ccc(SCc2nc(C3CC3)c(I)c(=O)[nH]2)cc1. The molecule has 1 N–H and O–H groups in total. The number of aromatic nitrogens is 2. The summed E-state index contributed by atoms with van der Waals surface area (Å²) in [5, 5.41) is 0. The average molecular weight is 398 g/mol. The van der Waals surface area contributed by atoms with Crippen molar-refractivity contribution in [1.82, 2.24) is 9.97 Å². The third-order valence-corrected chi connectivity index (χ3v) is 5.36. The molecule has 104 valence electrons. The highest BCUT2D eigenvalue weighted by Crippen LogP contribution is 2.40. The second kappa shape index (κ2) is 5.89. The molecule has 0 amide bonds. The Morgan fingerprint density at radius 2 is 2.05 bits per heavy atom. The first-order chi connectivity index (χ1) is 9.63. The molecular weight excluding hydrogens is 383 g/mol. The first-order valence-corrected chi connectivity index (χ1v) is 8.68. The van der Waals surface area contributed by atoms with Gasteiger partial charge in [0.15, 0.2) is 0 Å². The van der Waals surface area contributed by atoms with Crippen LogP contribution in [0.1, 0.15) is 35.8 Å². The van der Waals surface area contributed by atoms with Crippen molar-refractivity contribution in [3.63, 3.8) is 0 Å². The van der Waals surface area contributed by atoms with E-state index < -0.39 is 0 Å². The van der Waals surface area contributed by atoms with Gasteiger partial charge in [-0.3, -0.25) is 4.79 Å². The fourth-order valence-corrected chi connectivity index (χ4v) is 3.47. The lowest BCUT2D eigenvalue weighted by Gasteiger charge is -2.06. The van der Waals surface area contributed by atoms with E-state index in [1.807, 2.05) is 0 Å². The van der Waals surface area contributed by atoms with E-state index in [0.717, 1.165) is 27.9 Å². The number of nitrogens with one attached hydrogen (secondary N) is 1. The predicted molar refractivity (Wildman–Crippen MR) is 90.3 cm³/mol. The van der Waals surface area contributed by atoms with Gasteiger partial charge in [-0.15, -0.1) is 11.8 Å².